The van der Waals surface area contributed by atoms with Gasteiger partial charge in [0.1, 0.15) is 6.10 Å². The molecule has 0 amide bonds. The molecule has 0 saturated carbocycles. The van der Waals surface area contributed by atoms with E-state index in [-0.39, 0.29) is 0 Å². The highest BCUT2D eigenvalue weighted by Crippen LogP contribution is 2.38. The minimum atomic E-state index is -0.666. The summed E-state index contributed by atoms with van der Waals surface area (Å²) in [4.78, 5) is 0.812. The van der Waals surface area contributed by atoms with Crippen molar-refractivity contribution in [3.8, 4) is 0 Å². The first-order valence-corrected chi connectivity index (χ1v) is 7.24. The van der Waals surface area contributed by atoms with Crippen molar-refractivity contribution < 1.29 is 5.11 Å². The van der Waals surface area contributed by atoms with Gasteiger partial charge in [-0.1, -0.05) is 29.3 Å². The Bertz CT molecular complexity index is 534. The highest BCUT2D eigenvalue weighted by molar-refractivity contribution is 9.11. The zero-order valence-corrected chi connectivity index (χ0v) is 12.8. The van der Waals surface area contributed by atoms with E-state index in [1.165, 1.54) is 11.3 Å². The van der Waals surface area contributed by atoms with Gasteiger partial charge in [0.2, 0.25) is 0 Å². The predicted molar refractivity (Wildman–Crippen MR) is 77.3 cm³/mol. The third-order valence-electron chi connectivity index (χ3n) is 2.46. The van der Waals surface area contributed by atoms with Crippen molar-refractivity contribution >= 4 is 50.5 Å². The van der Waals surface area contributed by atoms with Crippen LogP contribution in [0, 0.1) is 6.92 Å². The van der Waals surface area contributed by atoms with Crippen LogP contribution < -0.4 is 0 Å². The number of aryl methyl sites for hydroxylation is 1. The van der Waals surface area contributed by atoms with Gasteiger partial charge in [0.25, 0.3) is 0 Å². The van der Waals surface area contributed by atoms with Crippen LogP contribution in [0.1, 0.15) is 22.1 Å². The molecule has 1 heterocycles. The lowest BCUT2D eigenvalue weighted by Gasteiger charge is -2.12. The number of aliphatic hydroxyl groups excluding tert-OH is 1. The first kappa shape index (κ1) is 13.4. The third kappa shape index (κ3) is 2.85. The normalized spacial score (nSPS) is 12.8. The number of benzene rings is 1. The summed E-state index contributed by atoms with van der Waals surface area (Å²) in [5.74, 6) is 0. The predicted octanol–water partition coefficient (Wildman–Crippen LogP) is 5.21. The van der Waals surface area contributed by atoms with E-state index in [4.69, 9.17) is 23.2 Å². The lowest BCUT2D eigenvalue weighted by Crippen LogP contribution is -1.99. The van der Waals surface area contributed by atoms with Gasteiger partial charge in [-0.15, -0.1) is 11.3 Å². The molecule has 1 N–H and O–H groups in total. The number of rotatable bonds is 2. The minimum Gasteiger partial charge on any atom is -0.383 e. The molecule has 0 radical (unpaired) electrons. The number of aliphatic hydroxyl groups is 1. The lowest BCUT2D eigenvalue weighted by molar-refractivity contribution is 0.223. The Morgan fingerprint density at radius 2 is 2.00 bits per heavy atom. The summed E-state index contributed by atoms with van der Waals surface area (Å²) in [7, 11) is 0. The van der Waals surface area contributed by atoms with Gasteiger partial charge in [0, 0.05) is 9.90 Å². The SMILES string of the molecule is Cc1cc(Cl)ccc1C(O)c1cc(Cl)c(Br)s1. The summed E-state index contributed by atoms with van der Waals surface area (Å²) in [5, 5.41) is 11.6. The first-order chi connectivity index (χ1) is 7.99. The van der Waals surface area contributed by atoms with Crippen molar-refractivity contribution in [2.45, 2.75) is 13.0 Å². The molecule has 0 fully saturated rings. The zero-order chi connectivity index (χ0) is 12.6. The monoisotopic (exact) mass is 350 g/mol. The molecule has 1 atom stereocenters. The second-order valence-electron chi connectivity index (χ2n) is 3.67. The number of thiophene rings is 1. The van der Waals surface area contributed by atoms with E-state index < -0.39 is 6.10 Å². The molecular weight excluding hydrogens is 343 g/mol. The molecule has 5 heteroatoms. The second-order valence-corrected chi connectivity index (χ2v) is 6.92. The van der Waals surface area contributed by atoms with Crippen LogP contribution in [0.5, 0.6) is 0 Å². The fourth-order valence-electron chi connectivity index (χ4n) is 1.60. The second kappa shape index (κ2) is 5.29. The summed E-state index contributed by atoms with van der Waals surface area (Å²) in [6.07, 6.45) is -0.666. The van der Waals surface area contributed by atoms with Crippen LogP contribution in [0.4, 0.5) is 0 Å². The Balaban J connectivity index is 2.39. The Labute approximate surface area is 122 Å². The van der Waals surface area contributed by atoms with Crippen LogP contribution in [0.15, 0.2) is 28.1 Å². The van der Waals surface area contributed by atoms with E-state index in [0.29, 0.717) is 10.0 Å². The fraction of sp³-hybridized carbons (Fsp3) is 0.167. The van der Waals surface area contributed by atoms with Gasteiger partial charge < -0.3 is 5.11 Å². The van der Waals surface area contributed by atoms with Gasteiger partial charge >= 0.3 is 0 Å². The molecule has 2 rings (SSSR count). The maximum absolute atomic E-state index is 10.3. The summed E-state index contributed by atoms with van der Waals surface area (Å²) in [6, 6.07) is 7.22. The smallest absolute Gasteiger partial charge is 0.114 e. The number of hydrogen-bond acceptors (Lipinski definition) is 2. The average Bonchev–Trinajstić information content (AvgIpc) is 2.58. The number of halogens is 3. The Kier molecular flexibility index (Phi) is 4.16. The van der Waals surface area contributed by atoms with Gasteiger partial charge in [-0.3, -0.25) is 0 Å². The molecule has 0 aliphatic heterocycles. The lowest BCUT2D eigenvalue weighted by atomic mass is 10.0. The van der Waals surface area contributed by atoms with E-state index in [1.807, 2.05) is 19.1 Å². The molecule has 1 nitrogen and oxygen atoms in total. The van der Waals surface area contributed by atoms with Crippen molar-refractivity contribution in [3.05, 3.63) is 54.1 Å². The van der Waals surface area contributed by atoms with Gasteiger partial charge in [0.15, 0.2) is 0 Å². The molecule has 0 spiro atoms. The molecule has 90 valence electrons. The molecule has 0 saturated heterocycles. The van der Waals surface area contributed by atoms with E-state index in [0.717, 1.165) is 19.8 Å². The summed E-state index contributed by atoms with van der Waals surface area (Å²) in [5.41, 5.74) is 1.81. The van der Waals surface area contributed by atoms with Crippen LogP contribution >= 0.6 is 50.5 Å². The standard InChI is InChI=1S/C12H9BrCl2OS/c1-6-4-7(14)2-3-8(6)11(16)10-5-9(15)12(13)17-10/h2-5,11,16H,1H3. The van der Waals surface area contributed by atoms with E-state index in [1.54, 1.807) is 12.1 Å². The quantitative estimate of drug-likeness (QED) is 0.787. The Morgan fingerprint density at radius 3 is 2.53 bits per heavy atom. The zero-order valence-electron chi connectivity index (χ0n) is 8.88. The number of hydrogen-bond donors (Lipinski definition) is 1. The highest BCUT2D eigenvalue weighted by Gasteiger charge is 2.17. The van der Waals surface area contributed by atoms with Gasteiger partial charge in [-0.25, -0.2) is 0 Å². The van der Waals surface area contributed by atoms with Crippen molar-refractivity contribution in [1.29, 1.82) is 0 Å². The maximum atomic E-state index is 10.3. The third-order valence-corrected chi connectivity index (χ3v) is 5.22. The molecule has 1 aromatic carbocycles. The van der Waals surface area contributed by atoms with E-state index >= 15 is 0 Å². The molecule has 2 aromatic rings. The highest BCUT2D eigenvalue weighted by atomic mass is 79.9. The minimum absolute atomic E-state index is 0.621. The largest absolute Gasteiger partial charge is 0.383 e. The topological polar surface area (TPSA) is 20.2 Å². The van der Waals surface area contributed by atoms with Crippen molar-refractivity contribution in [2.75, 3.05) is 0 Å². The van der Waals surface area contributed by atoms with E-state index in [9.17, 15) is 5.11 Å². The first-order valence-electron chi connectivity index (χ1n) is 4.88. The molecular formula is C12H9BrCl2OS. The van der Waals surface area contributed by atoms with Crippen LogP contribution in [0.2, 0.25) is 10.0 Å². The summed E-state index contributed by atoms with van der Waals surface area (Å²) >= 11 is 16.6. The van der Waals surface area contributed by atoms with Gasteiger partial charge in [0.05, 0.1) is 8.81 Å². The fourth-order valence-corrected chi connectivity index (χ4v) is 3.58. The Hall–Kier alpha value is -0.0600. The summed E-state index contributed by atoms with van der Waals surface area (Å²) < 4.78 is 0.833. The average molecular weight is 352 g/mol. The van der Waals surface area contributed by atoms with Crippen LogP contribution in [-0.2, 0) is 0 Å². The molecule has 1 unspecified atom stereocenters. The van der Waals surface area contributed by atoms with Crippen LogP contribution in [0.3, 0.4) is 0 Å². The van der Waals surface area contributed by atoms with Crippen molar-refractivity contribution in [2.24, 2.45) is 0 Å². The molecule has 17 heavy (non-hydrogen) atoms. The van der Waals surface area contributed by atoms with Gasteiger partial charge in [-0.2, -0.15) is 0 Å². The summed E-state index contributed by atoms with van der Waals surface area (Å²) in [6.45, 7) is 1.93. The van der Waals surface area contributed by atoms with Crippen molar-refractivity contribution in [3.63, 3.8) is 0 Å². The van der Waals surface area contributed by atoms with Crippen molar-refractivity contribution in [1.82, 2.24) is 0 Å². The van der Waals surface area contributed by atoms with Crippen LogP contribution in [0.25, 0.3) is 0 Å². The Morgan fingerprint density at radius 1 is 1.29 bits per heavy atom. The molecule has 0 aliphatic carbocycles. The van der Waals surface area contributed by atoms with Crippen LogP contribution in [-0.4, -0.2) is 5.11 Å². The molecule has 0 aliphatic rings. The molecule has 1 aromatic heterocycles. The van der Waals surface area contributed by atoms with E-state index in [2.05, 4.69) is 15.9 Å². The molecule has 0 bridgehead atoms. The maximum Gasteiger partial charge on any atom is 0.114 e. The van der Waals surface area contributed by atoms with Gasteiger partial charge in [-0.05, 0) is 52.2 Å².